The Labute approximate surface area is 112 Å². The summed E-state index contributed by atoms with van der Waals surface area (Å²) in [5, 5.41) is 13.0. The van der Waals surface area contributed by atoms with Crippen molar-refractivity contribution in [2.45, 2.75) is 45.6 Å². The summed E-state index contributed by atoms with van der Waals surface area (Å²) in [6.45, 7) is 3.99. The first kappa shape index (κ1) is 14.0. The standard InChI is InChI=1S/C15H20FNO2/c1-3-9(4-2)15(19)11-7-10-5-6-14(18)17-13(10)8-12(11)16/h7-9,15,19H,3-6H2,1-2H3,(H,17,18). The van der Waals surface area contributed by atoms with Gasteiger partial charge in [-0.2, -0.15) is 0 Å². The number of nitrogens with one attached hydrogen (secondary N) is 1. The molecule has 104 valence electrons. The summed E-state index contributed by atoms with van der Waals surface area (Å²) in [5.41, 5.74) is 1.79. The average molecular weight is 265 g/mol. The molecule has 1 aliphatic rings. The van der Waals surface area contributed by atoms with Gasteiger partial charge in [-0.15, -0.1) is 0 Å². The van der Waals surface area contributed by atoms with E-state index in [4.69, 9.17) is 0 Å². The SMILES string of the molecule is CCC(CC)C(O)c1cc2c(cc1F)NC(=O)CC2. The molecule has 1 amide bonds. The molecule has 0 spiro atoms. The first-order valence-electron chi connectivity index (χ1n) is 6.87. The zero-order valence-corrected chi connectivity index (χ0v) is 11.4. The number of rotatable bonds is 4. The summed E-state index contributed by atoms with van der Waals surface area (Å²) in [7, 11) is 0. The fourth-order valence-corrected chi connectivity index (χ4v) is 2.64. The van der Waals surface area contributed by atoms with Gasteiger partial charge in [0.2, 0.25) is 5.91 Å². The van der Waals surface area contributed by atoms with Gasteiger partial charge in [-0.05, 0) is 30.0 Å². The predicted molar refractivity (Wildman–Crippen MR) is 72.4 cm³/mol. The van der Waals surface area contributed by atoms with E-state index in [2.05, 4.69) is 5.32 Å². The molecule has 0 aromatic heterocycles. The number of aliphatic hydroxyl groups excluding tert-OH is 1. The van der Waals surface area contributed by atoms with Crippen molar-refractivity contribution in [3.05, 3.63) is 29.1 Å². The van der Waals surface area contributed by atoms with E-state index in [-0.39, 0.29) is 11.8 Å². The van der Waals surface area contributed by atoms with Gasteiger partial charge >= 0.3 is 0 Å². The second-order valence-corrected chi connectivity index (χ2v) is 5.10. The zero-order valence-electron chi connectivity index (χ0n) is 11.4. The second-order valence-electron chi connectivity index (χ2n) is 5.10. The third-order valence-corrected chi connectivity index (χ3v) is 3.93. The van der Waals surface area contributed by atoms with E-state index in [0.29, 0.717) is 24.1 Å². The molecule has 4 heteroatoms. The highest BCUT2D eigenvalue weighted by Gasteiger charge is 2.24. The molecule has 3 nitrogen and oxygen atoms in total. The summed E-state index contributed by atoms with van der Waals surface area (Å²) < 4.78 is 14.1. The third-order valence-electron chi connectivity index (χ3n) is 3.93. The van der Waals surface area contributed by atoms with Crippen LogP contribution < -0.4 is 5.32 Å². The van der Waals surface area contributed by atoms with Crippen molar-refractivity contribution in [2.24, 2.45) is 5.92 Å². The number of benzene rings is 1. The van der Waals surface area contributed by atoms with Crippen molar-refractivity contribution >= 4 is 11.6 Å². The Morgan fingerprint density at radius 2 is 2.00 bits per heavy atom. The number of aryl methyl sites for hydroxylation is 1. The van der Waals surface area contributed by atoms with Gasteiger partial charge in [0.05, 0.1) is 6.10 Å². The lowest BCUT2D eigenvalue weighted by Gasteiger charge is -2.24. The van der Waals surface area contributed by atoms with Crippen LogP contribution in [0.3, 0.4) is 0 Å². The number of hydrogen-bond donors (Lipinski definition) is 2. The van der Waals surface area contributed by atoms with E-state index in [9.17, 15) is 14.3 Å². The van der Waals surface area contributed by atoms with Gasteiger partial charge in [0, 0.05) is 17.7 Å². The lowest BCUT2D eigenvalue weighted by atomic mass is 9.89. The van der Waals surface area contributed by atoms with E-state index < -0.39 is 11.9 Å². The van der Waals surface area contributed by atoms with Crippen LogP contribution in [0.5, 0.6) is 0 Å². The molecule has 0 fully saturated rings. The topological polar surface area (TPSA) is 49.3 Å². The molecule has 0 saturated carbocycles. The van der Waals surface area contributed by atoms with Crippen molar-refractivity contribution in [3.8, 4) is 0 Å². The van der Waals surface area contributed by atoms with E-state index in [1.54, 1.807) is 6.07 Å². The molecule has 2 N–H and O–H groups in total. The fraction of sp³-hybridized carbons (Fsp3) is 0.533. The minimum Gasteiger partial charge on any atom is -0.388 e. The van der Waals surface area contributed by atoms with E-state index in [0.717, 1.165) is 18.4 Å². The molecule has 1 aromatic rings. The van der Waals surface area contributed by atoms with E-state index in [1.165, 1.54) is 6.07 Å². The number of anilines is 1. The van der Waals surface area contributed by atoms with Crippen molar-refractivity contribution < 1.29 is 14.3 Å². The molecular weight excluding hydrogens is 245 g/mol. The molecule has 0 aliphatic carbocycles. The van der Waals surface area contributed by atoms with Crippen LogP contribution in [0.15, 0.2) is 12.1 Å². The number of carbonyl (C=O) groups is 1. The largest absolute Gasteiger partial charge is 0.388 e. The van der Waals surface area contributed by atoms with Gasteiger partial charge in [0.25, 0.3) is 0 Å². The third kappa shape index (κ3) is 2.78. The summed E-state index contributed by atoms with van der Waals surface area (Å²) in [4.78, 5) is 11.3. The highest BCUT2D eigenvalue weighted by atomic mass is 19.1. The number of carbonyl (C=O) groups excluding carboxylic acids is 1. The Bertz CT molecular complexity index is 483. The zero-order chi connectivity index (χ0) is 14.0. The van der Waals surface area contributed by atoms with Crippen LogP contribution in [-0.2, 0) is 11.2 Å². The Hall–Kier alpha value is -1.42. The van der Waals surface area contributed by atoms with Crippen molar-refractivity contribution in [1.29, 1.82) is 0 Å². The maximum Gasteiger partial charge on any atom is 0.224 e. The van der Waals surface area contributed by atoms with Crippen LogP contribution in [0.2, 0.25) is 0 Å². The number of amides is 1. The molecule has 1 aliphatic heterocycles. The molecular formula is C15H20FNO2. The first-order valence-corrected chi connectivity index (χ1v) is 6.87. The summed E-state index contributed by atoms with van der Waals surface area (Å²) in [6.07, 6.45) is 1.86. The van der Waals surface area contributed by atoms with Crippen molar-refractivity contribution in [3.63, 3.8) is 0 Å². The van der Waals surface area contributed by atoms with Crippen LogP contribution in [0.1, 0.15) is 50.3 Å². The number of hydrogen-bond acceptors (Lipinski definition) is 2. The van der Waals surface area contributed by atoms with Gasteiger partial charge < -0.3 is 10.4 Å². The number of halogens is 1. The fourth-order valence-electron chi connectivity index (χ4n) is 2.64. The maximum atomic E-state index is 14.1. The molecule has 0 bridgehead atoms. The van der Waals surface area contributed by atoms with E-state index >= 15 is 0 Å². The molecule has 1 aromatic carbocycles. The van der Waals surface area contributed by atoms with Crippen LogP contribution in [0, 0.1) is 11.7 Å². The Morgan fingerprint density at radius 3 is 2.63 bits per heavy atom. The summed E-state index contributed by atoms with van der Waals surface area (Å²) in [6, 6.07) is 3.03. The highest BCUT2D eigenvalue weighted by molar-refractivity contribution is 5.93. The Balaban J connectivity index is 2.34. The summed E-state index contributed by atoms with van der Waals surface area (Å²) in [5.74, 6) is -0.466. The van der Waals surface area contributed by atoms with Crippen LogP contribution in [-0.4, -0.2) is 11.0 Å². The van der Waals surface area contributed by atoms with Gasteiger partial charge in [0.15, 0.2) is 0 Å². The average Bonchev–Trinajstić information content (AvgIpc) is 2.39. The van der Waals surface area contributed by atoms with Gasteiger partial charge in [-0.1, -0.05) is 26.7 Å². The molecule has 1 heterocycles. The molecule has 19 heavy (non-hydrogen) atoms. The maximum absolute atomic E-state index is 14.1. The quantitative estimate of drug-likeness (QED) is 0.878. The lowest BCUT2D eigenvalue weighted by molar-refractivity contribution is -0.116. The van der Waals surface area contributed by atoms with Crippen molar-refractivity contribution in [1.82, 2.24) is 0 Å². The predicted octanol–water partition coefficient (Wildman–Crippen LogP) is 3.18. The van der Waals surface area contributed by atoms with Crippen LogP contribution in [0.25, 0.3) is 0 Å². The van der Waals surface area contributed by atoms with Crippen LogP contribution >= 0.6 is 0 Å². The number of aliphatic hydroxyl groups is 1. The first-order chi connectivity index (χ1) is 9.06. The second kappa shape index (κ2) is 5.70. The summed E-state index contributed by atoms with van der Waals surface area (Å²) >= 11 is 0. The molecule has 1 atom stereocenters. The molecule has 1 unspecified atom stereocenters. The van der Waals surface area contributed by atoms with Crippen molar-refractivity contribution in [2.75, 3.05) is 5.32 Å². The Kier molecular flexibility index (Phi) is 4.20. The highest BCUT2D eigenvalue weighted by Crippen LogP contribution is 2.33. The lowest BCUT2D eigenvalue weighted by Crippen LogP contribution is -2.20. The number of fused-ring (bicyclic) bond motifs is 1. The van der Waals surface area contributed by atoms with Crippen LogP contribution in [0.4, 0.5) is 10.1 Å². The Morgan fingerprint density at radius 1 is 1.32 bits per heavy atom. The minimum absolute atomic E-state index is 0.0609. The van der Waals surface area contributed by atoms with Gasteiger partial charge in [0.1, 0.15) is 5.82 Å². The van der Waals surface area contributed by atoms with E-state index in [1.807, 2.05) is 13.8 Å². The van der Waals surface area contributed by atoms with Gasteiger partial charge in [-0.25, -0.2) is 4.39 Å². The monoisotopic (exact) mass is 265 g/mol. The van der Waals surface area contributed by atoms with Gasteiger partial charge in [-0.3, -0.25) is 4.79 Å². The molecule has 2 rings (SSSR count). The smallest absolute Gasteiger partial charge is 0.224 e. The molecule has 0 radical (unpaired) electrons. The normalized spacial score (nSPS) is 16.2. The minimum atomic E-state index is -0.780. The molecule has 0 saturated heterocycles.